The third-order valence-corrected chi connectivity index (χ3v) is 2.63. The van der Waals surface area contributed by atoms with Gasteiger partial charge in [0.15, 0.2) is 0 Å². The summed E-state index contributed by atoms with van der Waals surface area (Å²) in [5.74, 6) is -1.01. The van der Waals surface area contributed by atoms with Crippen molar-refractivity contribution in [1.82, 2.24) is 4.98 Å². The van der Waals surface area contributed by atoms with Crippen LogP contribution in [0, 0.1) is 6.92 Å². The summed E-state index contributed by atoms with van der Waals surface area (Å²) in [6.45, 7) is 2.52. The van der Waals surface area contributed by atoms with Crippen LogP contribution in [0.3, 0.4) is 0 Å². The Morgan fingerprint density at radius 2 is 2.00 bits per heavy atom. The van der Waals surface area contributed by atoms with Gasteiger partial charge in [-0.25, -0.2) is 9.78 Å². The number of carboxylic acids is 1. The second-order valence-corrected chi connectivity index (χ2v) is 3.99. The summed E-state index contributed by atoms with van der Waals surface area (Å²) in [4.78, 5) is 14.9. The number of benzene rings is 1. The highest BCUT2D eigenvalue weighted by Gasteiger charge is 2.05. The summed E-state index contributed by atoms with van der Waals surface area (Å²) in [5.41, 5.74) is 2.95. The number of hydrogen-bond donors (Lipinski definition) is 2. The second kappa shape index (κ2) is 5.31. The quantitative estimate of drug-likeness (QED) is 0.865. The van der Waals surface area contributed by atoms with Gasteiger partial charge in [0.2, 0.25) is 0 Å². The number of aromatic nitrogens is 1. The minimum absolute atomic E-state index is 0.0686. The number of hydrogen-bond acceptors (Lipinski definition) is 3. The maximum Gasteiger partial charge on any atom is 0.354 e. The van der Waals surface area contributed by atoms with Crippen molar-refractivity contribution < 1.29 is 9.90 Å². The highest BCUT2D eigenvalue weighted by Crippen LogP contribution is 2.14. The molecule has 2 aromatic rings. The number of aromatic carboxylic acids is 1. The van der Waals surface area contributed by atoms with Crippen LogP contribution in [0.4, 0.5) is 5.69 Å². The highest BCUT2D eigenvalue weighted by molar-refractivity contribution is 5.85. The fourth-order valence-corrected chi connectivity index (χ4v) is 1.65. The molecule has 4 nitrogen and oxygen atoms in total. The number of para-hydroxylation sites is 1. The van der Waals surface area contributed by atoms with Crippen molar-refractivity contribution in [3.63, 3.8) is 0 Å². The Balaban J connectivity index is 2.09. The van der Waals surface area contributed by atoms with Gasteiger partial charge in [-0.05, 0) is 30.7 Å². The van der Waals surface area contributed by atoms with Gasteiger partial charge in [-0.15, -0.1) is 0 Å². The smallest absolute Gasteiger partial charge is 0.354 e. The molecule has 0 aliphatic heterocycles. The van der Waals surface area contributed by atoms with E-state index in [9.17, 15) is 4.79 Å². The van der Waals surface area contributed by atoms with Gasteiger partial charge in [-0.3, -0.25) is 0 Å². The van der Waals surface area contributed by atoms with E-state index in [4.69, 9.17) is 5.11 Å². The average Bonchev–Trinajstić information content (AvgIpc) is 2.38. The standard InChI is InChI=1S/C14H14N2O2/c1-10-5-2-3-7-12(10)15-9-11-6-4-8-13(16-11)14(17)18/h2-8,15H,9H2,1H3,(H,17,18). The summed E-state index contributed by atoms with van der Waals surface area (Å²) < 4.78 is 0. The van der Waals surface area contributed by atoms with E-state index in [1.54, 1.807) is 12.1 Å². The highest BCUT2D eigenvalue weighted by atomic mass is 16.4. The molecule has 92 valence electrons. The van der Waals surface area contributed by atoms with Gasteiger partial charge >= 0.3 is 5.97 Å². The van der Waals surface area contributed by atoms with Gasteiger partial charge in [-0.2, -0.15) is 0 Å². The van der Waals surface area contributed by atoms with Crippen molar-refractivity contribution in [2.75, 3.05) is 5.32 Å². The first-order valence-electron chi connectivity index (χ1n) is 5.65. The number of nitrogens with zero attached hydrogens (tertiary/aromatic N) is 1. The monoisotopic (exact) mass is 242 g/mol. The predicted molar refractivity (Wildman–Crippen MR) is 69.7 cm³/mol. The lowest BCUT2D eigenvalue weighted by Gasteiger charge is -2.09. The van der Waals surface area contributed by atoms with Crippen LogP contribution in [0.1, 0.15) is 21.7 Å². The van der Waals surface area contributed by atoms with Crippen LogP contribution in [0.2, 0.25) is 0 Å². The van der Waals surface area contributed by atoms with Crippen molar-refractivity contribution in [1.29, 1.82) is 0 Å². The van der Waals surface area contributed by atoms with E-state index in [-0.39, 0.29) is 5.69 Å². The molecule has 0 saturated heterocycles. The minimum atomic E-state index is -1.01. The zero-order valence-corrected chi connectivity index (χ0v) is 10.1. The SMILES string of the molecule is Cc1ccccc1NCc1cccc(C(=O)O)n1. The third kappa shape index (κ3) is 2.85. The Bertz CT molecular complexity index is 567. The van der Waals surface area contributed by atoms with Crippen molar-refractivity contribution in [2.24, 2.45) is 0 Å². The molecule has 2 rings (SSSR count). The maximum atomic E-state index is 10.8. The molecule has 0 spiro atoms. The molecule has 4 heteroatoms. The van der Waals surface area contributed by atoms with Crippen LogP contribution in [0.25, 0.3) is 0 Å². The van der Waals surface area contributed by atoms with Crippen LogP contribution < -0.4 is 5.32 Å². The largest absolute Gasteiger partial charge is 0.477 e. The zero-order chi connectivity index (χ0) is 13.0. The molecule has 0 amide bonds. The van der Waals surface area contributed by atoms with Gasteiger partial charge in [0.05, 0.1) is 12.2 Å². The van der Waals surface area contributed by atoms with E-state index in [0.717, 1.165) is 11.3 Å². The number of aryl methyl sites for hydroxylation is 1. The van der Waals surface area contributed by atoms with Crippen LogP contribution in [-0.2, 0) is 6.54 Å². The van der Waals surface area contributed by atoms with Crippen LogP contribution >= 0.6 is 0 Å². The molecule has 0 atom stereocenters. The van der Waals surface area contributed by atoms with Gasteiger partial charge in [-0.1, -0.05) is 24.3 Å². The van der Waals surface area contributed by atoms with Crippen LogP contribution in [-0.4, -0.2) is 16.1 Å². The normalized spacial score (nSPS) is 10.1. The Labute approximate surface area is 105 Å². The van der Waals surface area contributed by atoms with Crippen molar-refractivity contribution in [2.45, 2.75) is 13.5 Å². The van der Waals surface area contributed by atoms with Gasteiger partial charge in [0, 0.05) is 5.69 Å². The Kier molecular flexibility index (Phi) is 3.57. The van der Waals surface area contributed by atoms with Crippen LogP contribution in [0.5, 0.6) is 0 Å². The molecule has 1 aromatic carbocycles. The molecule has 2 N–H and O–H groups in total. The molecular weight excluding hydrogens is 228 g/mol. The van der Waals surface area contributed by atoms with E-state index < -0.39 is 5.97 Å². The average molecular weight is 242 g/mol. The van der Waals surface area contributed by atoms with Crippen molar-refractivity contribution in [3.05, 3.63) is 59.4 Å². The third-order valence-electron chi connectivity index (χ3n) is 2.63. The summed E-state index contributed by atoms with van der Waals surface area (Å²) in [5, 5.41) is 12.1. The first kappa shape index (κ1) is 12.1. The topological polar surface area (TPSA) is 62.2 Å². The van der Waals surface area contributed by atoms with Crippen molar-refractivity contribution in [3.8, 4) is 0 Å². The predicted octanol–water partition coefficient (Wildman–Crippen LogP) is 2.70. The zero-order valence-electron chi connectivity index (χ0n) is 10.1. The molecule has 0 fully saturated rings. The summed E-state index contributed by atoms with van der Waals surface area (Å²) in [7, 11) is 0. The van der Waals surface area contributed by atoms with E-state index in [1.807, 2.05) is 31.2 Å². The minimum Gasteiger partial charge on any atom is -0.477 e. The lowest BCUT2D eigenvalue weighted by atomic mass is 10.2. The number of nitrogens with one attached hydrogen (secondary N) is 1. The molecule has 0 aliphatic rings. The fourth-order valence-electron chi connectivity index (χ4n) is 1.65. The summed E-state index contributed by atoms with van der Waals surface area (Å²) >= 11 is 0. The molecule has 1 aromatic heterocycles. The molecule has 0 unspecified atom stereocenters. The Morgan fingerprint density at radius 3 is 2.72 bits per heavy atom. The summed E-state index contributed by atoms with van der Waals surface area (Å²) in [6.07, 6.45) is 0. The number of anilines is 1. The maximum absolute atomic E-state index is 10.8. The molecule has 0 bridgehead atoms. The number of carboxylic acid groups (broad SMARTS) is 1. The van der Waals surface area contributed by atoms with Gasteiger partial charge < -0.3 is 10.4 Å². The molecule has 0 radical (unpaired) electrons. The molecular formula is C14H14N2O2. The molecule has 0 aliphatic carbocycles. The number of rotatable bonds is 4. The number of carbonyl (C=O) groups is 1. The Morgan fingerprint density at radius 1 is 1.22 bits per heavy atom. The van der Waals surface area contributed by atoms with Gasteiger partial charge in [0.25, 0.3) is 0 Å². The molecule has 18 heavy (non-hydrogen) atoms. The summed E-state index contributed by atoms with van der Waals surface area (Å²) in [6, 6.07) is 12.9. The Hall–Kier alpha value is -2.36. The van der Waals surface area contributed by atoms with Crippen LogP contribution in [0.15, 0.2) is 42.5 Å². The van der Waals surface area contributed by atoms with Gasteiger partial charge in [0.1, 0.15) is 5.69 Å². The second-order valence-electron chi connectivity index (χ2n) is 3.99. The van der Waals surface area contributed by atoms with E-state index >= 15 is 0 Å². The first-order valence-corrected chi connectivity index (χ1v) is 5.65. The molecule has 0 saturated carbocycles. The van der Waals surface area contributed by atoms with E-state index in [1.165, 1.54) is 6.07 Å². The molecule has 1 heterocycles. The fraction of sp³-hybridized carbons (Fsp3) is 0.143. The lowest BCUT2D eigenvalue weighted by Crippen LogP contribution is -2.06. The van der Waals surface area contributed by atoms with E-state index in [2.05, 4.69) is 10.3 Å². The van der Waals surface area contributed by atoms with E-state index in [0.29, 0.717) is 12.2 Å². The first-order chi connectivity index (χ1) is 8.66. The number of pyridine rings is 1. The lowest BCUT2D eigenvalue weighted by molar-refractivity contribution is 0.0690. The van der Waals surface area contributed by atoms with Crippen molar-refractivity contribution >= 4 is 11.7 Å².